The van der Waals surface area contributed by atoms with Crippen LogP contribution in [0.1, 0.15) is 33.6 Å². The Kier molecular flexibility index (Phi) is 5.10. The number of hydrogen-bond acceptors (Lipinski definition) is 4. The van der Waals surface area contributed by atoms with Gasteiger partial charge < -0.3 is 14.2 Å². The van der Waals surface area contributed by atoms with Gasteiger partial charge >= 0.3 is 5.97 Å². The molecule has 1 amide bonds. The fourth-order valence-corrected chi connectivity index (χ4v) is 3.88. The molecule has 1 fully saturated rings. The maximum atomic E-state index is 12.9. The standard InChI is InChI=1S/C22H23N3O3/c1-28-22(27)18-7-3-2-6-17(18)21(26)24-12-10-16(11-13-24)14-25-15-23-19-8-4-5-9-20(19)25/h2-9,15-16H,10-14H2,1H3. The van der Waals surface area contributed by atoms with E-state index in [1.165, 1.54) is 7.11 Å². The molecule has 1 aliphatic heterocycles. The topological polar surface area (TPSA) is 64.4 Å². The van der Waals surface area contributed by atoms with Gasteiger partial charge in [-0.3, -0.25) is 4.79 Å². The largest absolute Gasteiger partial charge is 0.465 e. The average molecular weight is 377 g/mol. The maximum absolute atomic E-state index is 12.9. The monoisotopic (exact) mass is 377 g/mol. The Hall–Kier alpha value is -3.15. The summed E-state index contributed by atoms with van der Waals surface area (Å²) in [6.07, 6.45) is 3.76. The summed E-state index contributed by atoms with van der Waals surface area (Å²) in [7, 11) is 1.33. The number of rotatable bonds is 4. The molecule has 144 valence electrons. The van der Waals surface area contributed by atoms with E-state index in [4.69, 9.17) is 4.74 Å². The molecule has 1 aromatic heterocycles. The van der Waals surface area contributed by atoms with Crippen LogP contribution in [0.3, 0.4) is 0 Å². The highest BCUT2D eigenvalue weighted by molar-refractivity contribution is 6.05. The van der Waals surface area contributed by atoms with E-state index in [1.54, 1.807) is 24.3 Å². The zero-order valence-electron chi connectivity index (χ0n) is 15.9. The summed E-state index contributed by atoms with van der Waals surface area (Å²) < 4.78 is 7.01. The van der Waals surface area contributed by atoms with Crippen molar-refractivity contribution >= 4 is 22.9 Å². The first-order valence-corrected chi connectivity index (χ1v) is 9.54. The Morgan fingerprint density at radius 3 is 2.46 bits per heavy atom. The van der Waals surface area contributed by atoms with E-state index < -0.39 is 5.97 Å². The number of carbonyl (C=O) groups excluding carboxylic acids is 2. The number of nitrogens with zero attached hydrogens (tertiary/aromatic N) is 3. The van der Waals surface area contributed by atoms with Gasteiger partial charge in [0.2, 0.25) is 0 Å². The van der Waals surface area contributed by atoms with E-state index >= 15 is 0 Å². The number of imidazole rings is 1. The molecule has 0 spiro atoms. The number of para-hydroxylation sites is 2. The molecule has 1 aliphatic rings. The zero-order valence-corrected chi connectivity index (χ0v) is 15.9. The lowest BCUT2D eigenvalue weighted by Gasteiger charge is -2.32. The fraction of sp³-hybridized carbons (Fsp3) is 0.318. The summed E-state index contributed by atoms with van der Waals surface area (Å²) in [5.74, 6) is -0.0872. The minimum absolute atomic E-state index is 0.104. The quantitative estimate of drug-likeness (QED) is 0.654. The number of methoxy groups -OCH3 is 1. The van der Waals surface area contributed by atoms with Gasteiger partial charge in [0.25, 0.3) is 5.91 Å². The van der Waals surface area contributed by atoms with Gasteiger partial charge in [0.05, 0.1) is 35.6 Å². The van der Waals surface area contributed by atoms with Crippen LogP contribution in [0.15, 0.2) is 54.9 Å². The van der Waals surface area contributed by atoms with Crippen molar-refractivity contribution in [3.8, 4) is 0 Å². The minimum atomic E-state index is -0.481. The Bertz CT molecular complexity index is 1000. The number of carbonyl (C=O) groups is 2. The predicted molar refractivity (Wildman–Crippen MR) is 106 cm³/mol. The van der Waals surface area contributed by atoms with E-state index in [0.717, 1.165) is 30.4 Å². The Morgan fingerprint density at radius 2 is 1.71 bits per heavy atom. The molecule has 1 saturated heterocycles. The maximum Gasteiger partial charge on any atom is 0.338 e. The summed E-state index contributed by atoms with van der Waals surface area (Å²) >= 11 is 0. The van der Waals surface area contributed by atoms with E-state index in [2.05, 4.69) is 15.6 Å². The summed E-state index contributed by atoms with van der Waals surface area (Å²) in [4.78, 5) is 31.2. The van der Waals surface area contributed by atoms with Crippen molar-refractivity contribution in [2.75, 3.05) is 20.2 Å². The second-order valence-corrected chi connectivity index (χ2v) is 7.16. The second kappa shape index (κ2) is 7.84. The first kappa shape index (κ1) is 18.2. The van der Waals surface area contributed by atoms with Gasteiger partial charge in [-0.25, -0.2) is 9.78 Å². The Labute approximate surface area is 163 Å². The fourth-order valence-electron chi connectivity index (χ4n) is 3.88. The Morgan fingerprint density at radius 1 is 1.04 bits per heavy atom. The third-order valence-electron chi connectivity index (χ3n) is 5.45. The molecule has 0 atom stereocenters. The highest BCUT2D eigenvalue weighted by atomic mass is 16.5. The number of likely N-dealkylation sites (tertiary alicyclic amines) is 1. The summed E-state index contributed by atoms with van der Waals surface area (Å²) in [6, 6.07) is 15.0. The van der Waals surface area contributed by atoms with Crippen LogP contribution in [0.25, 0.3) is 11.0 Å². The lowest BCUT2D eigenvalue weighted by molar-refractivity contribution is 0.0583. The number of fused-ring (bicyclic) bond motifs is 1. The van der Waals surface area contributed by atoms with Crippen LogP contribution in [0.4, 0.5) is 0 Å². The minimum Gasteiger partial charge on any atom is -0.465 e. The number of hydrogen-bond donors (Lipinski definition) is 0. The molecule has 2 aromatic carbocycles. The van der Waals surface area contributed by atoms with Gasteiger partial charge in [-0.05, 0) is 43.0 Å². The van der Waals surface area contributed by atoms with Crippen LogP contribution in [0, 0.1) is 5.92 Å². The average Bonchev–Trinajstić information content (AvgIpc) is 3.16. The molecule has 3 aromatic rings. The highest BCUT2D eigenvalue weighted by Crippen LogP contribution is 2.23. The number of amides is 1. The van der Waals surface area contributed by atoms with E-state index in [9.17, 15) is 9.59 Å². The molecule has 2 heterocycles. The highest BCUT2D eigenvalue weighted by Gasteiger charge is 2.26. The zero-order chi connectivity index (χ0) is 19.5. The van der Waals surface area contributed by atoms with Gasteiger partial charge in [-0.15, -0.1) is 0 Å². The van der Waals surface area contributed by atoms with Gasteiger partial charge in [-0.2, -0.15) is 0 Å². The van der Waals surface area contributed by atoms with Crippen molar-refractivity contribution in [3.05, 3.63) is 66.0 Å². The van der Waals surface area contributed by atoms with Crippen molar-refractivity contribution in [1.82, 2.24) is 14.5 Å². The molecule has 0 radical (unpaired) electrons. The number of benzene rings is 2. The number of aromatic nitrogens is 2. The van der Waals surface area contributed by atoms with Crippen LogP contribution in [-0.4, -0.2) is 46.5 Å². The van der Waals surface area contributed by atoms with Crippen LogP contribution in [0.2, 0.25) is 0 Å². The van der Waals surface area contributed by atoms with E-state index in [1.807, 2.05) is 29.4 Å². The molecule has 0 unspecified atom stereocenters. The molecule has 0 aliphatic carbocycles. The van der Waals surface area contributed by atoms with Crippen LogP contribution in [0.5, 0.6) is 0 Å². The van der Waals surface area contributed by atoms with Gasteiger partial charge in [0.15, 0.2) is 0 Å². The summed E-state index contributed by atoms with van der Waals surface area (Å²) in [6.45, 7) is 2.28. The molecular weight excluding hydrogens is 354 g/mol. The molecule has 4 rings (SSSR count). The Balaban J connectivity index is 1.42. The van der Waals surface area contributed by atoms with Crippen molar-refractivity contribution in [2.45, 2.75) is 19.4 Å². The predicted octanol–water partition coefficient (Wildman–Crippen LogP) is 3.38. The number of ether oxygens (including phenoxy) is 1. The molecule has 0 N–H and O–H groups in total. The molecular formula is C22H23N3O3. The lowest BCUT2D eigenvalue weighted by Crippen LogP contribution is -2.39. The molecule has 6 heteroatoms. The van der Waals surface area contributed by atoms with Crippen molar-refractivity contribution < 1.29 is 14.3 Å². The van der Waals surface area contributed by atoms with Crippen LogP contribution < -0.4 is 0 Å². The molecule has 0 bridgehead atoms. The van der Waals surface area contributed by atoms with Gasteiger partial charge in [-0.1, -0.05) is 24.3 Å². The summed E-state index contributed by atoms with van der Waals surface area (Å²) in [5.41, 5.74) is 2.89. The number of esters is 1. The molecule has 28 heavy (non-hydrogen) atoms. The van der Waals surface area contributed by atoms with Gasteiger partial charge in [0.1, 0.15) is 0 Å². The third kappa shape index (κ3) is 3.50. The number of piperidine rings is 1. The molecule has 0 saturated carbocycles. The van der Waals surface area contributed by atoms with Crippen molar-refractivity contribution in [1.29, 1.82) is 0 Å². The third-order valence-corrected chi connectivity index (χ3v) is 5.45. The second-order valence-electron chi connectivity index (χ2n) is 7.16. The van der Waals surface area contributed by atoms with Gasteiger partial charge in [0, 0.05) is 19.6 Å². The smallest absolute Gasteiger partial charge is 0.338 e. The van der Waals surface area contributed by atoms with E-state index in [-0.39, 0.29) is 5.91 Å². The van der Waals surface area contributed by atoms with Crippen molar-refractivity contribution in [2.24, 2.45) is 5.92 Å². The van der Waals surface area contributed by atoms with Crippen LogP contribution in [-0.2, 0) is 11.3 Å². The summed E-state index contributed by atoms with van der Waals surface area (Å²) in [5, 5.41) is 0. The lowest BCUT2D eigenvalue weighted by atomic mass is 9.95. The first-order valence-electron chi connectivity index (χ1n) is 9.54. The normalized spacial score (nSPS) is 15.0. The SMILES string of the molecule is COC(=O)c1ccccc1C(=O)N1CCC(Cn2cnc3ccccc32)CC1. The van der Waals surface area contributed by atoms with Crippen LogP contribution >= 0.6 is 0 Å². The molecule has 6 nitrogen and oxygen atoms in total. The van der Waals surface area contributed by atoms with Crippen molar-refractivity contribution in [3.63, 3.8) is 0 Å². The van der Waals surface area contributed by atoms with E-state index in [0.29, 0.717) is 30.1 Å². The first-order chi connectivity index (χ1) is 13.7.